The van der Waals surface area contributed by atoms with E-state index >= 15 is 0 Å². The molecule has 0 radical (unpaired) electrons. The molecule has 10 heteroatoms. The van der Waals surface area contributed by atoms with Crippen molar-refractivity contribution in [3.63, 3.8) is 0 Å². The second-order valence-corrected chi connectivity index (χ2v) is 12.4. The molecule has 3 aromatic rings. The second-order valence-electron chi connectivity index (χ2n) is 10.2. The van der Waals surface area contributed by atoms with Crippen LogP contribution in [0.3, 0.4) is 0 Å². The number of rotatable bonds is 10. The number of carbonyl (C=O) groups is 4. The molecule has 0 aromatic heterocycles. The number of carbonyl (C=O) groups excluding carboxylic acids is 4. The van der Waals surface area contributed by atoms with Gasteiger partial charge in [0, 0.05) is 22.5 Å². The van der Waals surface area contributed by atoms with Gasteiger partial charge in [-0.2, -0.15) is 0 Å². The highest BCUT2D eigenvalue weighted by atomic mass is 32.2. The van der Waals surface area contributed by atoms with Crippen molar-refractivity contribution in [1.29, 1.82) is 0 Å². The number of nitrogens with one attached hydrogen (secondary N) is 1. The fourth-order valence-corrected chi connectivity index (χ4v) is 7.70. The number of fused-ring (bicyclic) bond motifs is 1. The minimum absolute atomic E-state index is 0.152. The van der Waals surface area contributed by atoms with Crippen molar-refractivity contribution >= 4 is 47.3 Å². The predicted octanol–water partition coefficient (Wildman–Crippen LogP) is 4.39. The van der Waals surface area contributed by atoms with Crippen molar-refractivity contribution in [2.45, 2.75) is 23.9 Å². The normalized spacial score (nSPS) is 19.4. The third-order valence-electron chi connectivity index (χ3n) is 7.23. The Hall–Kier alpha value is -4.28. The molecule has 218 valence electrons. The largest absolute Gasteiger partial charge is 0.458 e. The molecule has 2 atom stereocenters. The molecule has 0 bridgehead atoms. The van der Waals surface area contributed by atoms with Crippen molar-refractivity contribution in [1.82, 2.24) is 10.2 Å². The number of benzene rings is 3. The summed E-state index contributed by atoms with van der Waals surface area (Å²) in [5, 5.41) is 2.42. The van der Waals surface area contributed by atoms with Gasteiger partial charge in [-0.3, -0.25) is 14.5 Å². The maximum absolute atomic E-state index is 14.0. The van der Waals surface area contributed by atoms with Crippen molar-refractivity contribution < 1.29 is 28.7 Å². The lowest BCUT2D eigenvalue weighted by atomic mass is 10.0. The van der Waals surface area contributed by atoms with E-state index in [-0.39, 0.29) is 36.5 Å². The first-order valence-corrected chi connectivity index (χ1v) is 15.8. The number of β-lactam (4-membered cyclic amide) rings is 1. The maximum Gasteiger partial charge on any atom is 0.356 e. The van der Waals surface area contributed by atoms with E-state index in [9.17, 15) is 19.2 Å². The van der Waals surface area contributed by atoms with Gasteiger partial charge in [-0.25, -0.2) is 9.59 Å². The minimum Gasteiger partial charge on any atom is -0.458 e. The SMILES string of the molecule is O=C(Cc1ccccc1)N[C@@H]1C(=O)N2C(C(=O)OC(c3ccccc3)c3ccccc3)=C(SCC3=CC(=O)OC3)CS[C@H]12. The first kappa shape index (κ1) is 28.8. The quantitative estimate of drug-likeness (QED) is 0.266. The molecule has 43 heavy (non-hydrogen) atoms. The highest BCUT2D eigenvalue weighted by Gasteiger charge is 2.54. The van der Waals surface area contributed by atoms with E-state index in [0.29, 0.717) is 16.4 Å². The molecule has 0 spiro atoms. The van der Waals surface area contributed by atoms with Crippen LogP contribution < -0.4 is 5.32 Å². The Morgan fingerprint density at radius 3 is 2.19 bits per heavy atom. The predicted molar refractivity (Wildman–Crippen MR) is 165 cm³/mol. The Morgan fingerprint density at radius 2 is 1.58 bits per heavy atom. The van der Waals surface area contributed by atoms with Crippen LogP contribution in [0.5, 0.6) is 0 Å². The van der Waals surface area contributed by atoms with Gasteiger partial charge in [0.2, 0.25) is 5.91 Å². The molecule has 0 saturated carbocycles. The molecule has 2 amide bonds. The topological polar surface area (TPSA) is 102 Å². The number of amides is 2. The molecule has 8 nitrogen and oxygen atoms in total. The first-order chi connectivity index (χ1) is 21.0. The van der Waals surface area contributed by atoms with Gasteiger partial charge in [0.15, 0.2) is 6.10 Å². The smallest absolute Gasteiger partial charge is 0.356 e. The van der Waals surface area contributed by atoms with Crippen molar-refractivity contribution in [3.05, 3.63) is 130 Å². The zero-order chi connectivity index (χ0) is 29.8. The monoisotopic (exact) mass is 612 g/mol. The van der Waals surface area contributed by atoms with Crippen LogP contribution in [0.4, 0.5) is 0 Å². The third-order valence-corrected chi connectivity index (χ3v) is 9.90. The van der Waals surface area contributed by atoms with E-state index in [1.807, 2.05) is 91.0 Å². The van der Waals surface area contributed by atoms with Crippen molar-refractivity contribution in [3.8, 4) is 0 Å². The zero-order valence-corrected chi connectivity index (χ0v) is 24.6. The Balaban J connectivity index is 1.26. The van der Waals surface area contributed by atoms with Crippen molar-refractivity contribution in [2.24, 2.45) is 0 Å². The standard InChI is InChI=1S/C33H28N2O6S2/c36-26(16-21-10-4-1-5-11-21)34-28-31(38)35-29(25(20-43-32(28)35)42-19-22-17-27(37)40-18-22)33(39)41-30(23-12-6-2-7-13-23)24-14-8-3-9-15-24/h1-15,17,28,30,32H,16,18-20H2,(H,34,36)/t28-,32-/m1/s1. The lowest BCUT2D eigenvalue weighted by Gasteiger charge is -2.49. The summed E-state index contributed by atoms with van der Waals surface area (Å²) < 4.78 is 11.2. The van der Waals surface area contributed by atoms with E-state index in [0.717, 1.165) is 22.3 Å². The fourth-order valence-electron chi connectivity index (χ4n) is 5.12. The van der Waals surface area contributed by atoms with Gasteiger partial charge in [-0.1, -0.05) is 91.0 Å². The number of hydrogen-bond acceptors (Lipinski definition) is 8. The van der Waals surface area contributed by atoms with Crippen LogP contribution >= 0.6 is 23.5 Å². The van der Waals surface area contributed by atoms with Gasteiger partial charge < -0.3 is 14.8 Å². The zero-order valence-electron chi connectivity index (χ0n) is 23.0. The number of hydrogen-bond donors (Lipinski definition) is 1. The molecule has 0 aliphatic carbocycles. The Morgan fingerprint density at radius 1 is 0.953 bits per heavy atom. The number of cyclic esters (lactones) is 1. The molecule has 0 unspecified atom stereocenters. The van der Waals surface area contributed by atoms with E-state index in [1.165, 1.54) is 34.5 Å². The van der Waals surface area contributed by atoms with Gasteiger partial charge in [0.25, 0.3) is 5.91 Å². The fraction of sp³-hybridized carbons (Fsp3) is 0.212. The molecule has 1 fully saturated rings. The van der Waals surface area contributed by atoms with Crippen LogP contribution in [-0.2, 0) is 35.1 Å². The van der Waals surface area contributed by atoms with Gasteiger partial charge >= 0.3 is 11.9 Å². The van der Waals surface area contributed by atoms with E-state index in [1.54, 1.807) is 0 Å². The summed E-state index contributed by atoms with van der Waals surface area (Å²) in [4.78, 5) is 54.1. The number of thioether (sulfide) groups is 2. The van der Waals surface area contributed by atoms with Gasteiger partial charge in [-0.05, 0) is 22.3 Å². The Bertz CT molecular complexity index is 1550. The molecule has 3 heterocycles. The van der Waals surface area contributed by atoms with Crippen LogP contribution in [0.1, 0.15) is 22.8 Å². The summed E-state index contributed by atoms with van der Waals surface area (Å²) >= 11 is 2.87. The summed E-state index contributed by atoms with van der Waals surface area (Å²) in [5.41, 5.74) is 3.42. The Labute approximate surface area is 257 Å². The molecule has 1 saturated heterocycles. The average molecular weight is 613 g/mol. The first-order valence-electron chi connectivity index (χ1n) is 13.8. The molecular weight excluding hydrogens is 585 g/mol. The minimum atomic E-state index is -0.752. The van der Waals surface area contributed by atoms with Gasteiger partial charge in [0.05, 0.1) is 6.42 Å². The molecule has 3 aromatic carbocycles. The third kappa shape index (κ3) is 6.40. The van der Waals surface area contributed by atoms with Crippen LogP contribution in [0.15, 0.2) is 113 Å². The maximum atomic E-state index is 14.0. The lowest BCUT2D eigenvalue weighted by molar-refractivity contribution is -0.154. The van der Waals surface area contributed by atoms with Gasteiger partial charge in [0.1, 0.15) is 23.7 Å². The van der Waals surface area contributed by atoms with E-state index < -0.39 is 23.5 Å². The highest BCUT2D eigenvalue weighted by molar-refractivity contribution is 8.06. The summed E-state index contributed by atoms with van der Waals surface area (Å²) in [7, 11) is 0. The van der Waals surface area contributed by atoms with Crippen LogP contribution in [0.25, 0.3) is 0 Å². The van der Waals surface area contributed by atoms with E-state index in [2.05, 4.69) is 5.32 Å². The summed E-state index contributed by atoms with van der Waals surface area (Å²) in [5.74, 6) is -0.757. The molecule has 3 aliphatic heterocycles. The summed E-state index contributed by atoms with van der Waals surface area (Å²) in [6.07, 6.45) is 0.917. The number of nitrogens with zero attached hydrogens (tertiary/aromatic N) is 1. The number of esters is 2. The summed E-state index contributed by atoms with van der Waals surface area (Å²) in [6, 6.07) is 27.5. The van der Waals surface area contributed by atoms with Crippen LogP contribution in [-0.4, -0.2) is 58.2 Å². The lowest BCUT2D eigenvalue weighted by Crippen LogP contribution is -2.70. The Kier molecular flexibility index (Phi) is 8.67. The molecule has 3 aliphatic rings. The van der Waals surface area contributed by atoms with Gasteiger partial charge in [-0.15, -0.1) is 23.5 Å². The number of ether oxygens (including phenoxy) is 2. The molecular formula is C33H28N2O6S2. The summed E-state index contributed by atoms with van der Waals surface area (Å²) in [6.45, 7) is 0.205. The second kappa shape index (κ2) is 12.9. The van der Waals surface area contributed by atoms with Crippen LogP contribution in [0, 0.1) is 0 Å². The van der Waals surface area contributed by atoms with E-state index in [4.69, 9.17) is 9.47 Å². The molecule has 1 N–H and O–H groups in total. The highest BCUT2D eigenvalue weighted by Crippen LogP contribution is 2.45. The average Bonchev–Trinajstić information content (AvgIpc) is 3.47. The van der Waals surface area contributed by atoms with Crippen LogP contribution in [0.2, 0.25) is 0 Å². The van der Waals surface area contributed by atoms with Crippen molar-refractivity contribution in [2.75, 3.05) is 18.1 Å². The molecule has 6 rings (SSSR count).